The van der Waals surface area contributed by atoms with E-state index in [9.17, 15) is 40.2 Å². The highest BCUT2D eigenvalue weighted by Gasteiger charge is 2.33. The van der Waals surface area contributed by atoms with Crippen LogP contribution in [0.2, 0.25) is 0 Å². The number of unbranched alkanes of at least 4 members (excludes halogenated alkanes) is 2. The fourth-order valence-corrected chi connectivity index (χ4v) is 3.20. The van der Waals surface area contributed by atoms with Gasteiger partial charge in [0.05, 0.1) is 84.7 Å². The van der Waals surface area contributed by atoms with E-state index in [0.29, 0.717) is 25.8 Å². The number of carboxylic acid groups (broad SMARTS) is 1. The summed E-state index contributed by atoms with van der Waals surface area (Å²) in [7, 11) is 0. The van der Waals surface area contributed by atoms with Crippen LogP contribution >= 0.6 is 0 Å². The fourth-order valence-electron chi connectivity index (χ4n) is 3.20. The maximum atomic E-state index is 12.4. The summed E-state index contributed by atoms with van der Waals surface area (Å²) < 4.78 is 17.2. The minimum atomic E-state index is -0.973. The van der Waals surface area contributed by atoms with Crippen LogP contribution in [-0.4, -0.2) is 140 Å². The fraction of sp³-hybridized carbons (Fsp3) is 0.917. The van der Waals surface area contributed by atoms with Gasteiger partial charge in [0.1, 0.15) is 0 Å². The molecular formula is C24H48N2O12. The van der Waals surface area contributed by atoms with Gasteiger partial charge in [0.15, 0.2) is 0 Å². The molecule has 0 unspecified atom stereocenters. The first-order chi connectivity index (χ1) is 18.3. The van der Waals surface area contributed by atoms with Crippen LogP contribution in [0, 0.1) is 23.2 Å². The number of urea groups is 1. The molecule has 0 aromatic carbocycles. The van der Waals surface area contributed by atoms with Crippen molar-refractivity contribution >= 4 is 12.0 Å². The van der Waals surface area contributed by atoms with E-state index in [-0.39, 0.29) is 92.2 Å². The van der Waals surface area contributed by atoms with Gasteiger partial charge in [-0.05, 0) is 12.8 Å². The summed E-state index contributed by atoms with van der Waals surface area (Å²) in [6.45, 7) is -1.28. The molecule has 0 saturated carbocycles. The number of carbonyl (C=O) groups excluding carboxylic acids is 1. The van der Waals surface area contributed by atoms with Crippen molar-refractivity contribution in [3.8, 4) is 0 Å². The van der Waals surface area contributed by atoms with Crippen molar-refractivity contribution in [3.05, 3.63) is 0 Å². The predicted molar refractivity (Wildman–Crippen MR) is 135 cm³/mol. The number of nitrogens with one attached hydrogen (secondary N) is 2. The molecule has 0 heterocycles. The number of amides is 2. The zero-order valence-corrected chi connectivity index (χ0v) is 22.1. The van der Waals surface area contributed by atoms with Crippen molar-refractivity contribution in [1.29, 1.82) is 0 Å². The number of aliphatic hydroxyl groups excluding tert-OH is 6. The van der Waals surface area contributed by atoms with E-state index >= 15 is 0 Å². The summed E-state index contributed by atoms with van der Waals surface area (Å²) >= 11 is 0. The van der Waals surface area contributed by atoms with Gasteiger partial charge in [0, 0.05) is 37.3 Å². The normalized spacial score (nSPS) is 12.0. The predicted octanol–water partition coefficient (Wildman–Crippen LogP) is -2.23. The molecular weight excluding hydrogens is 508 g/mol. The van der Waals surface area contributed by atoms with Crippen LogP contribution in [0.5, 0.6) is 0 Å². The number of ether oxygens (including phenoxy) is 3. The Bertz CT molecular complexity index is 541. The van der Waals surface area contributed by atoms with Gasteiger partial charge in [0.25, 0.3) is 0 Å². The second kappa shape index (κ2) is 23.3. The maximum Gasteiger partial charge on any atom is 0.314 e. The quantitative estimate of drug-likeness (QED) is 0.0516. The highest BCUT2D eigenvalue weighted by atomic mass is 16.5. The van der Waals surface area contributed by atoms with Gasteiger partial charge in [-0.25, -0.2) is 4.79 Å². The average molecular weight is 557 g/mol. The van der Waals surface area contributed by atoms with E-state index < -0.39 is 35.2 Å². The third-order valence-electron chi connectivity index (χ3n) is 5.81. The molecule has 38 heavy (non-hydrogen) atoms. The number of carbonyl (C=O) groups is 2. The molecule has 0 spiro atoms. The topological polar surface area (TPSA) is 227 Å². The van der Waals surface area contributed by atoms with Gasteiger partial charge >= 0.3 is 12.0 Å². The van der Waals surface area contributed by atoms with Crippen LogP contribution in [0.25, 0.3) is 0 Å². The van der Waals surface area contributed by atoms with Gasteiger partial charge in [-0.3, -0.25) is 4.79 Å². The zero-order chi connectivity index (χ0) is 28.7. The van der Waals surface area contributed by atoms with Crippen molar-refractivity contribution in [1.82, 2.24) is 10.6 Å². The summed E-state index contributed by atoms with van der Waals surface area (Å²) in [6, 6.07) is -0.469. The molecule has 0 atom stereocenters. The van der Waals surface area contributed by atoms with Gasteiger partial charge in [-0.2, -0.15) is 0 Å². The molecule has 226 valence electrons. The molecule has 14 nitrogen and oxygen atoms in total. The lowest BCUT2D eigenvalue weighted by Crippen LogP contribution is -2.50. The summed E-state index contributed by atoms with van der Waals surface area (Å²) in [5, 5.41) is 70.1. The van der Waals surface area contributed by atoms with Crippen molar-refractivity contribution in [3.63, 3.8) is 0 Å². The summed E-state index contributed by atoms with van der Waals surface area (Å²) in [6.07, 6.45) is 1.85. The second-order valence-electron chi connectivity index (χ2n) is 9.55. The summed E-state index contributed by atoms with van der Waals surface area (Å²) in [5.74, 6) is -2.38. The highest BCUT2D eigenvalue weighted by molar-refractivity contribution is 5.73. The lowest BCUT2D eigenvalue weighted by molar-refractivity contribution is -0.137. The number of rotatable bonds is 26. The molecule has 0 aromatic heterocycles. The molecule has 0 aliphatic rings. The third-order valence-corrected chi connectivity index (χ3v) is 5.81. The third kappa shape index (κ3) is 17.8. The molecule has 0 saturated heterocycles. The minimum Gasteiger partial charge on any atom is -0.481 e. The Hall–Kier alpha value is -1.62. The molecule has 0 aromatic rings. The second-order valence-corrected chi connectivity index (χ2v) is 9.55. The van der Waals surface area contributed by atoms with Crippen molar-refractivity contribution in [2.45, 2.75) is 25.7 Å². The standard InChI is InChI=1S/C24H48N2O12/c27-6-19(7-28)12-36-16-24(17-37-13-20(8-29)9-30,18-38-14-21(10-31)11-32)15-26-23(35)25-5-3-1-2-4-22(33)34/h19-21,27-32H,1-18H2,(H,33,34)(H2,25,26,35). The van der Waals surface area contributed by atoms with E-state index in [2.05, 4.69) is 10.6 Å². The Labute approximate surface area is 223 Å². The summed E-state index contributed by atoms with van der Waals surface area (Å²) in [5.41, 5.74) is -0.973. The highest BCUT2D eigenvalue weighted by Crippen LogP contribution is 2.21. The van der Waals surface area contributed by atoms with E-state index in [0.717, 1.165) is 0 Å². The lowest BCUT2D eigenvalue weighted by Gasteiger charge is -2.34. The molecule has 0 radical (unpaired) electrons. The Morgan fingerprint density at radius 2 is 1.05 bits per heavy atom. The van der Waals surface area contributed by atoms with Gasteiger partial charge in [-0.1, -0.05) is 6.42 Å². The SMILES string of the molecule is O=C(O)CCCCCNC(=O)NCC(COCC(CO)CO)(COCC(CO)CO)COCC(CO)CO. The van der Waals surface area contributed by atoms with E-state index in [1.807, 2.05) is 0 Å². The van der Waals surface area contributed by atoms with Crippen molar-refractivity contribution < 1.29 is 59.5 Å². The minimum absolute atomic E-state index is 0.00913. The Morgan fingerprint density at radius 3 is 1.42 bits per heavy atom. The van der Waals surface area contributed by atoms with Gasteiger partial charge < -0.3 is 60.6 Å². The molecule has 0 fully saturated rings. The zero-order valence-electron chi connectivity index (χ0n) is 22.1. The molecule has 0 aliphatic carbocycles. The largest absolute Gasteiger partial charge is 0.481 e. The van der Waals surface area contributed by atoms with Crippen LogP contribution in [0.1, 0.15) is 25.7 Å². The first kappa shape index (κ1) is 36.4. The van der Waals surface area contributed by atoms with Gasteiger partial charge in [-0.15, -0.1) is 0 Å². The Kier molecular flexibility index (Phi) is 22.3. The summed E-state index contributed by atoms with van der Waals surface area (Å²) in [4.78, 5) is 23.0. The van der Waals surface area contributed by atoms with Crippen LogP contribution < -0.4 is 10.6 Å². The maximum absolute atomic E-state index is 12.4. The Morgan fingerprint density at radius 1 is 0.632 bits per heavy atom. The molecule has 14 heteroatoms. The first-order valence-corrected chi connectivity index (χ1v) is 12.9. The lowest BCUT2D eigenvalue weighted by atomic mass is 9.90. The van der Waals surface area contributed by atoms with Crippen LogP contribution in [0.4, 0.5) is 4.79 Å². The number of aliphatic hydroxyl groups is 6. The molecule has 0 rings (SSSR count). The number of hydrogen-bond acceptors (Lipinski definition) is 11. The molecule has 0 bridgehead atoms. The Balaban J connectivity index is 5.26. The number of hydrogen-bond donors (Lipinski definition) is 9. The smallest absolute Gasteiger partial charge is 0.314 e. The number of aliphatic carboxylic acids is 1. The van der Waals surface area contributed by atoms with E-state index in [1.54, 1.807) is 0 Å². The monoisotopic (exact) mass is 556 g/mol. The van der Waals surface area contributed by atoms with Gasteiger partial charge in [0.2, 0.25) is 0 Å². The molecule has 9 N–H and O–H groups in total. The van der Waals surface area contributed by atoms with E-state index in [1.165, 1.54) is 0 Å². The number of carboxylic acids is 1. The van der Waals surface area contributed by atoms with Crippen LogP contribution in [0.15, 0.2) is 0 Å². The molecule has 2 amide bonds. The van der Waals surface area contributed by atoms with Crippen molar-refractivity contribution in [2.75, 3.05) is 92.4 Å². The molecule has 0 aliphatic heterocycles. The van der Waals surface area contributed by atoms with Crippen molar-refractivity contribution in [2.24, 2.45) is 23.2 Å². The van der Waals surface area contributed by atoms with Crippen LogP contribution in [0.3, 0.4) is 0 Å². The first-order valence-electron chi connectivity index (χ1n) is 12.9. The van der Waals surface area contributed by atoms with E-state index in [4.69, 9.17) is 19.3 Å². The van der Waals surface area contributed by atoms with Crippen LogP contribution in [-0.2, 0) is 19.0 Å². The average Bonchev–Trinajstić information content (AvgIpc) is 2.92.